The molecule has 0 saturated carbocycles. The van der Waals surface area contributed by atoms with Crippen LogP contribution in [0, 0.1) is 0 Å². The molecule has 0 aliphatic carbocycles. The predicted octanol–water partition coefficient (Wildman–Crippen LogP) is 2.56. The summed E-state index contributed by atoms with van der Waals surface area (Å²) in [5.74, 6) is -0.283. The van der Waals surface area contributed by atoms with E-state index in [1.165, 1.54) is 0 Å². The van der Waals surface area contributed by atoms with E-state index in [9.17, 15) is 4.79 Å². The first-order valence-corrected chi connectivity index (χ1v) is 6.44. The van der Waals surface area contributed by atoms with Crippen molar-refractivity contribution in [1.29, 1.82) is 0 Å². The summed E-state index contributed by atoms with van der Waals surface area (Å²) < 4.78 is 11.5. The summed E-state index contributed by atoms with van der Waals surface area (Å²) in [5, 5.41) is 0. The highest BCUT2D eigenvalue weighted by Crippen LogP contribution is 2.12. The van der Waals surface area contributed by atoms with Crippen LogP contribution in [0.2, 0.25) is 0 Å². The smallest absolute Gasteiger partial charge is 0.337 e. The number of hydrogen-bond donors (Lipinski definition) is 0. The van der Waals surface area contributed by atoms with E-state index >= 15 is 0 Å². The highest BCUT2D eigenvalue weighted by atomic mass is 127. The molecule has 0 amide bonds. The van der Waals surface area contributed by atoms with Crippen molar-refractivity contribution in [2.45, 2.75) is 39.2 Å². The van der Waals surface area contributed by atoms with Crippen LogP contribution < -0.4 is 0 Å². The monoisotopic (exact) mass is 314 g/mol. The fourth-order valence-electron chi connectivity index (χ4n) is 0.888. The van der Waals surface area contributed by atoms with Gasteiger partial charge in [0.25, 0.3) is 0 Å². The van der Waals surface area contributed by atoms with Crippen LogP contribution in [-0.2, 0) is 14.3 Å². The lowest BCUT2D eigenvalue weighted by Gasteiger charge is -2.22. The Morgan fingerprint density at radius 3 is 2.50 bits per heavy atom. The van der Waals surface area contributed by atoms with Gasteiger partial charge < -0.3 is 9.47 Å². The maximum Gasteiger partial charge on any atom is 0.337 e. The molecule has 0 aromatic carbocycles. The van der Waals surface area contributed by atoms with Crippen molar-refractivity contribution in [3.63, 3.8) is 0 Å². The minimum absolute atomic E-state index is 0.283. The number of carbonyl (C=O) groups excluding carboxylic acids is 1. The first-order chi connectivity index (χ1) is 6.54. The topological polar surface area (TPSA) is 35.5 Å². The van der Waals surface area contributed by atoms with Crippen molar-refractivity contribution in [2.24, 2.45) is 0 Å². The molecule has 0 bridgehead atoms. The third kappa shape index (κ3) is 5.80. The molecule has 0 aromatic rings. The van der Waals surface area contributed by atoms with Gasteiger partial charge in [-0.05, 0) is 38.0 Å². The molecule has 0 aliphatic heterocycles. The fraction of sp³-hybridized carbons (Fsp3) is 0.900. The van der Waals surface area contributed by atoms with Gasteiger partial charge in [0.1, 0.15) is 0 Å². The van der Waals surface area contributed by atoms with E-state index in [0.29, 0.717) is 13.2 Å². The van der Waals surface area contributed by atoms with Gasteiger partial charge in [-0.2, -0.15) is 0 Å². The zero-order valence-electron chi connectivity index (χ0n) is 9.14. The average Bonchev–Trinajstić information content (AvgIpc) is 2.13. The van der Waals surface area contributed by atoms with E-state index in [0.717, 1.165) is 17.3 Å². The third-order valence-corrected chi connectivity index (χ3v) is 2.52. The van der Waals surface area contributed by atoms with Crippen molar-refractivity contribution in [3.05, 3.63) is 0 Å². The van der Waals surface area contributed by atoms with Gasteiger partial charge in [-0.15, -0.1) is 0 Å². The van der Waals surface area contributed by atoms with Crippen LogP contribution in [0.15, 0.2) is 0 Å². The van der Waals surface area contributed by atoms with Gasteiger partial charge in [0.05, 0.1) is 6.61 Å². The number of halogens is 1. The number of esters is 1. The minimum Gasteiger partial charge on any atom is -0.464 e. The summed E-state index contributed by atoms with van der Waals surface area (Å²) in [5.41, 5.74) is -0.804. The Morgan fingerprint density at radius 2 is 2.00 bits per heavy atom. The second-order valence-electron chi connectivity index (χ2n) is 3.48. The van der Waals surface area contributed by atoms with E-state index in [1.54, 1.807) is 20.8 Å². The molecular weight excluding hydrogens is 295 g/mol. The van der Waals surface area contributed by atoms with Crippen molar-refractivity contribution >= 4 is 28.6 Å². The summed E-state index contributed by atoms with van der Waals surface area (Å²) in [6.45, 7) is 6.31. The predicted molar refractivity (Wildman–Crippen MR) is 64.8 cm³/mol. The van der Waals surface area contributed by atoms with Crippen molar-refractivity contribution in [1.82, 2.24) is 0 Å². The first kappa shape index (κ1) is 14.2. The van der Waals surface area contributed by atoms with Crippen molar-refractivity contribution < 1.29 is 14.3 Å². The summed E-state index contributed by atoms with van der Waals surface area (Å²) in [4.78, 5) is 11.4. The number of rotatable bonds is 7. The Morgan fingerprint density at radius 1 is 1.36 bits per heavy atom. The summed E-state index contributed by atoms with van der Waals surface area (Å²) in [6.07, 6.45) is 2.12. The molecule has 0 N–H and O–H groups in total. The van der Waals surface area contributed by atoms with Crippen LogP contribution in [0.25, 0.3) is 0 Å². The molecule has 0 saturated heterocycles. The normalized spacial score (nSPS) is 11.4. The van der Waals surface area contributed by atoms with Crippen LogP contribution in [-0.4, -0.2) is 29.2 Å². The van der Waals surface area contributed by atoms with Crippen LogP contribution in [0.3, 0.4) is 0 Å². The van der Waals surface area contributed by atoms with Gasteiger partial charge in [-0.3, -0.25) is 0 Å². The van der Waals surface area contributed by atoms with Crippen LogP contribution >= 0.6 is 22.6 Å². The molecule has 0 atom stereocenters. The number of hydrogen-bond acceptors (Lipinski definition) is 3. The van der Waals surface area contributed by atoms with Crippen LogP contribution in [0.4, 0.5) is 0 Å². The van der Waals surface area contributed by atoms with Crippen molar-refractivity contribution in [2.75, 3.05) is 17.6 Å². The molecule has 0 unspecified atom stereocenters. The Hall–Kier alpha value is 0.160. The van der Waals surface area contributed by atoms with E-state index < -0.39 is 5.60 Å². The van der Waals surface area contributed by atoms with Gasteiger partial charge in [0.15, 0.2) is 5.60 Å². The second kappa shape index (κ2) is 7.45. The molecule has 4 heteroatoms. The standard InChI is InChI=1S/C10H19IO3/c1-4-13-9(12)10(2,3)14-8-6-5-7-11/h4-8H2,1-3H3. The second-order valence-corrected chi connectivity index (χ2v) is 4.55. The van der Waals surface area contributed by atoms with Crippen LogP contribution in [0.5, 0.6) is 0 Å². The van der Waals surface area contributed by atoms with E-state index in [4.69, 9.17) is 9.47 Å². The van der Waals surface area contributed by atoms with Crippen LogP contribution in [0.1, 0.15) is 33.6 Å². The summed E-state index contributed by atoms with van der Waals surface area (Å²) >= 11 is 2.33. The maximum absolute atomic E-state index is 11.4. The average molecular weight is 314 g/mol. The molecule has 0 radical (unpaired) electrons. The quantitative estimate of drug-likeness (QED) is 0.314. The number of carbonyl (C=O) groups is 1. The van der Waals surface area contributed by atoms with Gasteiger partial charge >= 0.3 is 5.97 Å². The van der Waals surface area contributed by atoms with Gasteiger partial charge in [-0.25, -0.2) is 4.79 Å². The number of ether oxygens (including phenoxy) is 2. The highest BCUT2D eigenvalue weighted by Gasteiger charge is 2.29. The molecule has 0 aliphatic rings. The molecule has 0 aromatic heterocycles. The van der Waals surface area contributed by atoms with Gasteiger partial charge in [-0.1, -0.05) is 22.6 Å². The number of unbranched alkanes of at least 4 members (excludes halogenated alkanes) is 1. The summed E-state index contributed by atoms with van der Waals surface area (Å²) in [7, 11) is 0. The lowest BCUT2D eigenvalue weighted by molar-refractivity contribution is -0.167. The molecule has 84 valence electrons. The first-order valence-electron chi connectivity index (χ1n) is 4.91. The van der Waals surface area contributed by atoms with E-state index in [2.05, 4.69) is 22.6 Å². The molecular formula is C10H19IO3. The molecule has 0 rings (SSSR count). The molecule has 3 nitrogen and oxygen atoms in total. The Kier molecular flexibility index (Phi) is 7.54. The van der Waals surface area contributed by atoms with E-state index in [-0.39, 0.29) is 5.97 Å². The van der Waals surface area contributed by atoms with Gasteiger partial charge in [0, 0.05) is 6.61 Å². The maximum atomic E-state index is 11.4. The third-order valence-electron chi connectivity index (χ3n) is 1.76. The zero-order valence-corrected chi connectivity index (χ0v) is 11.3. The van der Waals surface area contributed by atoms with Crippen molar-refractivity contribution in [3.8, 4) is 0 Å². The SMILES string of the molecule is CCOC(=O)C(C)(C)OCCCCI. The van der Waals surface area contributed by atoms with E-state index in [1.807, 2.05) is 0 Å². The fourth-order valence-corrected chi connectivity index (χ4v) is 1.43. The molecule has 0 spiro atoms. The number of alkyl halides is 1. The largest absolute Gasteiger partial charge is 0.464 e. The minimum atomic E-state index is -0.804. The molecule has 14 heavy (non-hydrogen) atoms. The van der Waals surface area contributed by atoms with Gasteiger partial charge in [0.2, 0.25) is 0 Å². The Bertz CT molecular complexity index is 169. The summed E-state index contributed by atoms with van der Waals surface area (Å²) in [6, 6.07) is 0. The lowest BCUT2D eigenvalue weighted by Crippen LogP contribution is -2.37. The Balaban J connectivity index is 3.76. The Labute approximate surface area is 99.7 Å². The highest BCUT2D eigenvalue weighted by molar-refractivity contribution is 14.1. The zero-order chi connectivity index (χ0) is 11.0. The lowest BCUT2D eigenvalue weighted by atomic mass is 10.1. The molecule has 0 heterocycles. The molecule has 0 fully saturated rings.